The van der Waals surface area contributed by atoms with E-state index in [1.54, 1.807) is 7.05 Å². The van der Waals surface area contributed by atoms with Gasteiger partial charge in [-0.15, -0.1) is 0 Å². The molecule has 1 aromatic rings. The predicted octanol–water partition coefficient (Wildman–Crippen LogP) is 0.707. The monoisotopic (exact) mass is 236 g/mol. The Morgan fingerprint density at radius 1 is 1.65 bits per heavy atom. The minimum absolute atomic E-state index is 0.0505. The molecule has 0 spiro atoms. The van der Waals surface area contributed by atoms with Gasteiger partial charge in [0.25, 0.3) is 5.91 Å². The van der Waals surface area contributed by atoms with Crippen LogP contribution in [-0.2, 0) is 7.05 Å². The summed E-state index contributed by atoms with van der Waals surface area (Å²) in [5.74, 6) is 0.173. The number of aryl methyl sites for hydroxylation is 1. The van der Waals surface area contributed by atoms with E-state index in [0.717, 1.165) is 0 Å². The highest BCUT2D eigenvalue weighted by atomic mass is 16.5. The zero-order valence-electron chi connectivity index (χ0n) is 10.4. The van der Waals surface area contributed by atoms with Crippen molar-refractivity contribution in [2.24, 2.45) is 13.0 Å². The summed E-state index contributed by atoms with van der Waals surface area (Å²) < 4.78 is 6.47. The number of amides is 1. The van der Waals surface area contributed by atoms with E-state index >= 15 is 0 Å². The highest BCUT2D eigenvalue weighted by Crippen LogP contribution is 2.11. The van der Waals surface area contributed by atoms with E-state index in [-0.39, 0.29) is 17.5 Å². The van der Waals surface area contributed by atoms with Crippen molar-refractivity contribution >= 4 is 5.91 Å². The zero-order valence-corrected chi connectivity index (χ0v) is 10.4. The van der Waals surface area contributed by atoms with Crippen molar-refractivity contribution in [3.63, 3.8) is 0 Å². The third-order valence-corrected chi connectivity index (χ3v) is 2.37. The van der Waals surface area contributed by atoms with Crippen molar-refractivity contribution in [3.05, 3.63) is 11.8 Å². The minimum atomic E-state index is -0.518. The Bertz CT molecular complexity index is 445. The molecule has 0 aliphatic carbocycles. The Hall–Kier alpha value is -2.03. The molecule has 17 heavy (non-hydrogen) atoms. The lowest BCUT2D eigenvalue weighted by molar-refractivity contribution is 0.0932. The molecule has 0 fully saturated rings. The normalized spacial score (nSPS) is 12.0. The quantitative estimate of drug-likeness (QED) is 0.834. The summed E-state index contributed by atoms with van der Waals surface area (Å²) in [4.78, 5) is 11.8. The molecule has 6 heteroatoms. The van der Waals surface area contributed by atoms with Crippen LogP contribution in [-0.4, -0.2) is 28.8 Å². The molecule has 0 aliphatic heterocycles. The van der Waals surface area contributed by atoms with Crippen LogP contribution in [0.1, 0.15) is 24.3 Å². The summed E-state index contributed by atoms with van der Waals surface area (Å²) in [6, 6.07) is 3.05. The molecule has 6 nitrogen and oxygen atoms in total. The SMILES string of the molecule is COc1cc(C(=O)NC(C#N)C(C)C)nn1C. The molecule has 0 radical (unpaired) electrons. The fourth-order valence-corrected chi connectivity index (χ4v) is 1.32. The smallest absolute Gasteiger partial charge is 0.272 e. The molecule has 0 aliphatic rings. The number of carbonyl (C=O) groups excluding carboxylic acids is 1. The van der Waals surface area contributed by atoms with Crippen LogP contribution >= 0.6 is 0 Å². The van der Waals surface area contributed by atoms with Gasteiger partial charge in [-0.1, -0.05) is 13.8 Å². The molecule has 0 aromatic carbocycles. The Morgan fingerprint density at radius 2 is 2.29 bits per heavy atom. The molecule has 1 heterocycles. The van der Waals surface area contributed by atoms with Crippen LogP contribution in [0.3, 0.4) is 0 Å². The van der Waals surface area contributed by atoms with Crippen molar-refractivity contribution in [3.8, 4) is 11.9 Å². The third kappa shape index (κ3) is 2.97. The van der Waals surface area contributed by atoms with Crippen LogP contribution in [0.2, 0.25) is 0 Å². The van der Waals surface area contributed by atoms with Gasteiger partial charge < -0.3 is 10.1 Å². The number of nitrogens with zero attached hydrogens (tertiary/aromatic N) is 3. The van der Waals surface area contributed by atoms with Gasteiger partial charge in [-0.25, -0.2) is 4.68 Å². The number of nitrogens with one attached hydrogen (secondary N) is 1. The largest absolute Gasteiger partial charge is 0.481 e. The molecule has 1 N–H and O–H groups in total. The fourth-order valence-electron chi connectivity index (χ4n) is 1.32. The van der Waals surface area contributed by atoms with Crippen LogP contribution in [0.15, 0.2) is 6.07 Å². The standard InChI is InChI=1S/C11H16N4O2/c1-7(2)9(6-12)13-11(16)8-5-10(17-4)15(3)14-8/h5,7,9H,1-4H3,(H,13,16). The van der Waals surface area contributed by atoms with Crippen molar-refractivity contribution < 1.29 is 9.53 Å². The maximum absolute atomic E-state index is 11.8. The van der Waals surface area contributed by atoms with E-state index in [9.17, 15) is 4.79 Å². The first-order valence-electron chi connectivity index (χ1n) is 5.28. The number of hydrogen-bond donors (Lipinski definition) is 1. The molecule has 0 bridgehead atoms. The van der Waals surface area contributed by atoms with Crippen LogP contribution in [0, 0.1) is 17.2 Å². The van der Waals surface area contributed by atoms with E-state index in [0.29, 0.717) is 5.88 Å². The number of carbonyl (C=O) groups is 1. The molecular weight excluding hydrogens is 220 g/mol. The van der Waals surface area contributed by atoms with E-state index in [2.05, 4.69) is 10.4 Å². The summed E-state index contributed by atoms with van der Waals surface area (Å²) in [5.41, 5.74) is 0.241. The van der Waals surface area contributed by atoms with E-state index < -0.39 is 6.04 Å². The van der Waals surface area contributed by atoms with E-state index in [1.165, 1.54) is 17.9 Å². The summed E-state index contributed by atoms with van der Waals surface area (Å²) >= 11 is 0. The average molecular weight is 236 g/mol. The molecule has 1 amide bonds. The Balaban J connectivity index is 2.80. The second-order valence-corrected chi connectivity index (χ2v) is 4.02. The van der Waals surface area contributed by atoms with Crippen molar-refractivity contribution in [1.82, 2.24) is 15.1 Å². The molecule has 1 aromatic heterocycles. The number of aromatic nitrogens is 2. The van der Waals surface area contributed by atoms with Gasteiger partial charge in [-0.3, -0.25) is 4.79 Å². The first kappa shape index (κ1) is 13.0. The van der Waals surface area contributed by atoms with Crippen molar-refractivity contribution in [1.29, 1.82) is 5.26 Å². The Kier molecular flexibility index (Phi) is 4.10. The number of methoxy groups -OCH3 is 1. The van der Waals surface area contributed by atoms with Gasteiger partial charge in [0.1, 0.15) is 6.04 Å². The van der Waals surface area contributed by atoms with Crippen LogP contribution < -0.4 is 10.1 Å². The van der Waals surface area contributed by atoms with Crippen LogP contribution in [0.5, 0.6) is 5.88 Å². The molecule has 1 unspecified atom stereocenters. The summed E-state index contributed by atoms with van der Waals surface area (Å²) in [7, 11) is 3.19. The molecular formula is C11H16N4O2. The zero-order chi connectivity index (χ0) is 13.0. The molecule has 0 saturated carbocycles. The van der Waals surface area contributed by atoms with Crippen molar-refractivity contribution in [2.45, 2.75) is 19.9 Å². The maximum atomic E-state index is 11.8. The van der Waals surface area contributed by atoms with Crippen LogP contribution in [0.4, 0.5) is 0 Å². The van der Waals surface area contributed by atoms with Gasteiger partial charge in [-0.05, 0) is 5.92 Å². The van der Waals surface area contributed by atoms with E-state index in [1.807, 2.05) is 19.9 Å². The second-order valence-electron chi connectivity index (χ2n) is 4.02. The first-order valence-corrected chi connectivity index (χ1v) is 5.28. The topological polar surface area (TPSA) is 79.9 Å². The van der Waals surface area contributed by atoms with Gasteiger partial charge in [-0.2, -0.15) is 10.4 Å². The third-order valence-electron chi connectivity index (χ3n) is 2.37. The second kappa shape index (κ2) is 5.34. The van der Waals surface area contributed by atoms with Gasteiger partial charge >= 0.3 is 0 Å². The number of nitriles is 1. The lowest BCUT2D eigenvalue weighted by Crippen LogP contribution is -2.37. The minimum Gasteiger partial charge on any atom is -0.481 e. The van der Waals surface area contributed by atoms with Crippen molar-refractivity contribution in [2.75, 3.05) is 7.11 Å². The highest BCUT2D eigenvalue weighted by molar-refractivity contribution is 5.93. The average Bonchev–Trinajstić information content (AvgIpc) is 2.66. The number of hydrogen-bond acceptors (Lipinski definition) is 4. The summed E-state index contributed by atoms with van der Waals surface area (Å²) in [5, 5.41) is 15.5. The van der Waals surface area contributed by atoms with Gasteiger partial charge in [0.05, 0.1) is 13.2 Å². The van der Waals surface area contributed by atoms with E-state index in [4.69, 9.17) is 10.00 Å². The highest BCUT2D eigenvalue weighted by Gasteiger charge is 2.19. The first-order chi connectivity index (χ1) is 7.99. The van der Waals surface area contributed by atoms with Gasteiger partial charge in [0, 0.05) is 13.1 Å². The van der Waals surface area contributed by atoms with Gasteiger partial charge in [0.2, 0.25) is 5.88 Å². The Labute approximate surface area is 100 Å². The summed E-state index contributed by atoms with van der Waals surface area (Å²) in [6.45, 7) is 3.74. The summed E-state index contributed by atoms with van der Waals surface area (Å²) in [6.07, 6.45) is 0. The molecule has 0 saturated heterocycles. The molecule has 1 atom stereocenters. The predicted molar refractivity (Wildman–Crippen MR) is 61.5 cm³/mol. The number of ether oxygens (including phenoxy) is 1. The lowest BCUT2D eigenvalue weighted by Gasteiger charge is -2.13. The fraction of sp³-hybridized carbons (Fsp3) is 0.545. The lowest BCUT2D eigenvalue weighted by atomic mass is 10.1. The van der Waals surface area contributed by atoms with Crippen LogP contribution in [0.25, 0.3) is 0 Å². The molecule has 92 valence electrons. The van der Waals surface area contributed by atoms with Gasteiger partial charge in [0.15, 0.2) is 5.69 Å². The molecule has 1 rings (SSSR count). The maximum Gasteiger partial charge on any atom is 0.272 e. The number of rotatable bonds is 4. The Morgan fingerprint density at radius 3 is 2.71 bits per heavy atom.